The Balaban J connectivity index is 2.61. The second-order valence-corrected chi connectivity index (χ2v) is 8.73. The lowest BCUT2D eigenvalue weighted by atomic mass is 9.78. The lowest BCUT2D eigenvalue weighted by Crippen LogP contribution is -2.08. The molecule has 0 heterocycles. The van der Waals surface area contributed by atoms with Crippen molar-refractivity contribution < 1.29 is 0 Å². The first-order chi connectivity index (χ1) is 9.63. The van der Waals surface area contributed by atoms with Crippen LogP contribution in [0.25, 0.3) is 0 Å². The molecule has 0 nitrogen and oxygen atoms in total. The van der Waals surface area contributed by atoms with E-state index in [-0.39, 0.29) is 0 Å². The van der Waals surface area contributed by atoms with Gasteiger partial charge in [0, 0.05) is 3.92 Å². The van der Waals surface area contributed by atoms with Crippen LogP contribution in [0.15, 0.2) is 22.3 Å². The van der Waals surface area contributed by atoms with E-state index in [1.165, 1.54) is 62.2 Å². The Kier molecular flexibility index (Phi) is 10.1. The molecule has 0 bridgehead atoms. The second kappa shape index (κ2) is 10.6. The topological polar surface area (TPSA) is 0 Å². The number of halogens is 2. The molecule has 2 heteroatoms. The number of allylic oxidation sites excluding steroid dienone is 4. The highest BCUT2D eigenvalue weighted by molar-refractivity contribution is 14.1. The standard InChI is InChI=1S/C18H30I2/c1-4-16(20)10-6-8-14(3)17(5-2)18-12-11-15(18)9-7-13-19/h16H,4-13H2,1-3H3/b17-14-/t16-/m0/s1. The predicted octanol–water partition coefficient (Wildman–Crippen LogP) is 7.40. The highest BCUT2D eigenvalue weighted by atomic mass is 127. The molecule has 0 spiro atoms. The number of hydrogen-bond acceptors (Lipinski definition) is 0. The minimum atomic E-state index is 0.868. The third-order valence-corrected chi connectivity index (χ3v) is 6.73. The van der Waals surface area contributed by atoms with Crippen molar-refractivity contribution in [2.24, 2.45) is 0 Å². The Labute approximate surface area is 153 Å². The average Bonchev–Trinajstić information content (AvgIpc) is 2.43. The molecule has 1 rings (SSSR count). The fourth-order valence-corrected chi connectivity index (χ4v) is 3.89. The Hall–Kier alpha value is 0.940. The van der Waals surface area contributed by atoms with E-state index in [2.05, 4.69) is 66.0 Å². The van der Waals surface area contributed by atoms with E-state index >= 15 is 0 Å². The zero-order chi connectivity index (χ0) is 15.0. The summed E-state index contributed by atoms with van der Waals surface area (Å²) in [5.74, 6) is 0. The minimum Gasteiger partial charge on any atom is -0.0864 e. The molecule has 0 N–H and O–H groups in total. The normalized spacial score (nSPS) is 17.9. The van der Waals surface area contributed by atoms with Crippen molar-refractivity contribution in [3.63, 3.8) is 0 Å². The van der Waals surface area contributed by atoms with Crippen LogP contribution in [-0.2, 0) is 0 Å². The fourth-order valence-electron chi connectivity index (χ4n) is 3.06. The number of hydrogen-bond donors (Lipinski definition) is 0. The van der Waals surface area contributed by atoms with Crippen molar-refractivity contribution in [3.05, 3.63) is 22.3 Å². The maximum atomic E-state index is 2.60. The Morgan fingerprint density at radius 2 is 1.95 bits per heavy atom. The summed E-state index contributed by atoms with van der Waals surface area (Å²) < 4.78 is 2.17. The van der Waals surface area contributed by atoms with Gasteiger partial charge in [-0.1, -0.05) is 70.2 Å². The molecule has 1 aliphatic rings. The molecule has 1 atom stereocenters. The van der Waals surface area contributed by atoms with E-state index in [0.29, 0.717) is 0 Å². The van der Waals surface area contributed by atoms with Gasteiger partial charge in [-0.3, -0.25) is 0 Å². The zero-order valence-electron chi connectivity index (χ0n) is 13.4. The molecule has 0 unspecified atom stereocenters. The van der Waals surface area contributed by atoms with Crippen molar-refractivity contribution in [1.82, 2.24) is 0 Å². The van der Waals surface area contributed by atoms with Gasteiger partial charge in [0.25, 0.3) is 0 Å². The molecule has 0 saturated heterocycles. The Morgan fingerprint density at radius 3 is 2.45 bits per heavy atom. The van der Waals surface area contributed by atoms with Gasteiger partial charge in [-0.2, -0.15) is 0 Å². The van der Waals surface area contributed by atoms with Crippen molar-refractivity contribution in [2.75, 3.05) is 4.43 Å². The van der Waals surface area contributed by atoms with Crippen molar-refractivity contribution >= 4 is 45.2 Å². The van der Waals surface area contributed by atoms with Crippen LogP contribution >= 0.6 is 45.2 Å². The third-order valence-electron chi connectivity index (χ3n) is 4.46. The van der Waals surface area contributed by atoms with Crippen LogP contribution in [0.1, 0.15) is 78.6 Å². The van der Waals surface area contributed by atoms with Gasteiger partial charge in [-0.05, 0) is 80.3 Å². The summed E-state index contributed by atoms with van der Waals surface area (Å²) in [7, 11) is 0. The van der Waals surface area contributed by atoms with Gasteiger partial charge in [0.2, 0.25) is 0 Å². The van der Waals surface area contributed by atoms with Crippen LogP contribution in [0, 0.1) is 0 Å². The van der Waals surface area contributed by atoms with E-state index in [9.17, 15) is 0 Å². The van der Waals surface area contributed by atoms with Gasteiger partial charge >= 0.3 is 0 Å². The van der Waals surface area contributed by atoms with Crippen LogP contribution in [0.3, 0.4) is 0 Å². The third kappa shape index (κ3) is 5.98. The van der Waals surface area contributed by atoms with Crippen LogP contribution in [-0.4, -0.2) is 8.35 Å². The first kappa shape index (κ1) is 19.0. The summed E-state index contributed by atoms with van der Waals surface area (Å²) in [6.45, 7) is 7.03. The monoisotopic (exact) mass is 500 g/mol. The van der Waals surface area contributed by atoms with Gasteiger partial charge in [0.15, 0.2) is 0 Å². The summed E-state index contributed by atoms with van der Waals surface area (Å²) in [5.41, 5.74) is 6.91. The molecule has 0 fully saturated rings. The predicted molar refractivity (Wildman–Crippen MR) is 109 cm³/mol. The molecule has 0 aliphatic heterocycles. The van der Waals surface area contributed by atoms with Gasteiger partial charge < -0.3 is 0 Å². The molecule has 0 amide bonds. The van der Waals surface area contributed by atoms with Crippen molar-refractivity contribution in [1.29, 1.82) is 0 Å². The first-order valence-corrected chi connectivity index (χ1v) is 11.0. The molecular weight excluding hydrogens is 470 g/mol. The summed E-state index contributed by atoms with van der Waals surface area (Å²) in [4.78, 5) is 0. The summed E-state index contributed by atoms with van der Waals surface area (Å²) >= 11 is 5.10. The van der Waals surface area contributed by atoms with Crippen molar-refractivity contribution in [2.45, 2.75) is 82.5 Å². The molecule has 116 valence electrons. The van der Waals surface area contributed by atoms with Crippen LogP contribution in [0.2, 0.25) is 0 Å². The van der Waals surface area contributed by atoms with Gasteiger partial charge in [0.05, 0.1) is 0 Å². The maximum Gasteiger partial charge on any atom is 0.0107 e. The second-order valence-electron chi connectivity index (χ2n) is 5.88. The first-order valence-electron chi connectivity index (χ1n) is 8.23. The summed E-state index contributed by atoms with van der Waals surface area (Å²) in [5, 5.41) is 0. The van der Waals surface area contributed by atoms with Crippen molar-refractivity contribution in [3.8, 4) is 0 Å². The maximum absolute atomic E-state index is 2.60. The van der Waals surface area contributed by atoms with Gasteiger partial charge in [0.1, 0.15) is 0 Å². The zero-order valence-corrected chi connectivity index (χ0v) is 17.7. The Bertz CT molecular complexity index is 352. The molecule has 1 aliphatic carbocycles. The fraction of sp³-hybridized carbons (Fsp3) is 0.778. The highest BCUT2D eigenvalue weighted by Crippen LogP contribution is 2.39. The molecule has 0 saturated carbocycles. The lowest BCUT2D eigenvalue weighted by molar-refractivity contribution is 0.682. The highest BCUT2D eigenvalue weighted by Gasteiger charge is 2.20. The van der Waals surface area contributed by atoms with Gasteiger partial charge in [-0.15, -0.1) is 0 Å². The van der Waals surface area contributed by atoms with E-state index < -0.39 is 0 Å². The lowest BCUT2D eigenvalue weighted by Gasteiger charge is -2.27. The van der Waals surface area contributed by atoms with Crippen LogP contribution in [0.4, 0.5) is 0 Å². The SMILES string of the molecule is CC/C(C1=C(CCCI)CC1)=C(\C)CCC[C@@H](I)CC. The molecule has 0 aromatic heterocycles. The van der Waals surface area contributed by atoms with Crippen LogP contribution in [0.5, 0.6) is 0 Å². The van der Waals surface area contributed by atoms with Crippen LogP contribution < -0.4 is 0 Å². The van der Waals surface area contributed by atoms with E-state index in [0.717, 1.165) is 3.92 Å². The summed E-state index contributed by atoms with van der Waals surface area (Å²) in [6.07, 6.45) is 12.0. The largest absolute Gasteiger partial charge is 0.0864 e. The Morgan fingerprint density at radius 1 is 1.20 bits per heavy atom. The molecule has 0 aromatic carbocycles. The number of rotatable bonds is 10. The minimum absolute atomic E-state index is 0.868. The van der Waals surface area contributed by atoms with Gasteiger partial charge in [-0.25, -0.2) is 0 Å². The molecular formula is C18H30I2. The average molecular weight is 500 g/mol. The molecule has 0 aromatic rings. The summed E-state index contributed by atoms with van der Waals surface area (Å²) in [6, 6.07) is 0. The van der Waals surface area contributed by atoms with E-state index in [4.69, 9.17) is 0 Å². The molecule has 20 heavy (non-hydrogen) atoms. The number of alkyl halides is 2. The molecule has 0 radical (unpaired) electrons. The van der Waals surface area contributed by atoms with E-state index in [1.807, 2.05) is 0 Å². The quantitative estimate of drug-likeness (QED) is 0.217. The van der Waals surface area contributed by atoms with E-state index in [1.54, 1.807) is 22.3 Å². The smallest absolute Gasteiger partial charge is 0.0107 e.